The summed E-state index contributed by atoms with van der Waals surface area (Å²) in [5, 5.41) is 0. The number of carbonyl (C=O) groups excluding carboxylic acids is 1. The lowest BCUT2D eigenvalue weighted by Crippen LogP contribution is -2.36. The third-order valence-electron chi connectivity index (χ3n) is 3.37. The molecule has 1 aliphatic rings. The van der Waals surface area contributed by atoms with E-state index in [0.29, 0.717) is 13.0 Å². The van der Waals surface area contributed by atoms with Gasteiger partial charge >= 0.3 is 0 Å². The van der Waals surface area contributed by atoms with E-state index < -0.39 is 0 Å². The first-order valence-electron chi connectivity index (χ1n) is 5.97. The van der Waals surface area contributed by atoms with Crippen molar-refractivity contribution in [1.82, 2.24) is 4.90 Å². The van der Waals surface area contributed by atoms with Crippen LogP contribution in [0.1, 0.15) is 32.1 Å². The molecule has 0 saturated heterocycles. The van der Waals surface area contributed by atoms with E-state index in [4.69, 9.17) is 9.47 Å². The number of rotatable bonds is 7. The van der Waals surface area contributed by atoms with Gasteiger partial charge in [0.25, 0.3) is 0 Å². The Morgan fingerprint density at radius 1 is 1.38 bits per heavy atom. The molecule has 1 rings (SSSR count). The molecule has 94 valence electrons. The molecule has 0 heterocycles. The van der Waals surface area contributed by atoms with E-state index in [1.807, 2.05) is 0 Å². The van der Waals surface area contributed by atoms with Gasteiger partial charge in [-0.1, -0.05) is 19.3 Å². The van der Waals surface area contributed by atoms with Crippen LogP contribution >= 0.6 is 0 Å². The van der Waals surface area contributed by atoms with E-state index in [1.165, 1.54) is 19.3 Å². The summed E-state index contributed by atoms with van der Waals surface area (Å²) >= 11 is 0. The standard InChI is InChI=1S/C12H23NO3/c1-13(9-12(15-2)16-3)11(14)8-7-10-5-4-6-10/h10,12H,4-9H2,1-3H3. The third-order valence-corrected chi connectivity index (χ3v) is 3.37. The predicted octanol–water partition coefficient (Wildman–Crippen LogP) is 1.64. The van der Waals surface area contributed by atoms with E-state index >= 15 is 0 Å². The topological polar surface area (TPSA) is 38.8 Å². The van der Waals surface area contributed by atoms with Crippen LogP contribution in [0.25, 0.3) is 0 Å². The normalized spacial score (nSPS) is 16.2. The maximum Gasteiger partial charge on any atom is 0.222 e. The summed E-state index contributed by atoms with van der Waals surface area (Å²) in [6, 6.07) is 0. The van der Waals surface area contributed by atoms with Gasteiger partial charge in [-0.25, -0.2) is 0 Å². The van der Waals surface area contributed by atoms with Gasteiger partial charge in [0.2, 0.25) is 5.91 Å². The number of hydrogen-bond acceptors (Lipinski definition) is 3. The molecule has 0 unspecified atom stereocenters. The summed E-state index contributed by atoms with van der Waals surface area (Å²) in [6.45, 7) is 0.497. The van der Waals surface area contributed by atoms with Gasteiger partial charge < -0.3 is 14.4 Å². The zero-order valence-corrected chi connectivity index (χ0v) is 10.6. The largest absolute Gasteiger partial charge is 0.354 e. The number of nitrogens with zero attached hydrogens (tertiary/aromatic N) is 1. The molecule has 4 heteroatoms. The molecule has 0 aliphatic heterocycles. The molecule has 1 amide bonds. The lowest BCUT2D eigenvalue weighted by Gasteiger charge is -2.27. The molecule has 0 radical (unpaired) electrons. The highest BCUT2D eigenvalue weighted by Gasteiger charge is 2.20. The zero-order valence-electron chi connectivity index (χ0n) is 10.6. The molecule has 16 heavy (non-hydrogen) atoms. The summed E-state index contributed by atoms with van der Waals surface area (Å²) in [4.78, 5) is 13.5. The van der Waals surface area contributed by atoms with Crippen molar-refractivity contribution in [3.05, 3.63) is 0 Å². The molecular weight excluding hydrogens is 206 g/mol. The molecule has 4 nitrogen and oxygen atoms in total. The highest BCUT2D eigenvalue weighted by atomic mass is 16.7. The van der Waals surface area contributed by atoms with Crippen molar-refractivity contribution in [2.45, 2.75) is 38.4 Å². The maximum absolute atomic E-state index is 11.8. The number of carbonyl (C=O) groups is 1. The van der Waals surface area contributed by atoms with Crippen LogP contribution in [0.15, 0.2) is 0 Å². The van der Waals surface area contributed by atoms with Gasteiger partial charge in [-0.15, -0.1) is 0 Å². The summed E-state index contributed by atoms with van der Waals surface area (Å²) in [5.74, 6) is 0.976. The Labute approximate surface area is 97.9 Å². The van der Waals surface area contributed by atoms with Crippen molar-refractivity contribution >= 4 is 5.91 Å². The molecule has 0 aromatic rings. The summed E-state index contributed by atoms with van der Waals surface area (Å²) in [5.41, 5.74) is 0. The van der Waals surface area contributed by atoms with Crippen LogP contribution in [0, 0.1) is 5.92 Å². The summed E-state index contributed by atoms with van der Waals surface area (Å²) < 4.78 is 10.1. The highest BCUT2D eigenvalue weighted by Crippen LogP contribution is 2.30. The molecule has 0 N–H and O–H groups in total. The van der Waals surface area contributed by atoms with Crippen LogP contribution in [0.2, 0.25) is 0 Å². The van der Waals surface area contributed by atoms with Crippen LogP contribution in [0.3, 0.4) is 0 Å². The molecule has 0 spiro atoms. The Morgan fingerprint density at radius 3 is 2.44 bits per heavy atom. The fourth-order valence-corrected chi connectivity index (χ4v) is 1.87. The average Bonchev–Trinajstić information content (AvgIpc) is 2.23. The average molecular weight is 229 g/mol. The van der Waals surface area contributed by atoms with Gasteiger partial charge in [-0.3, -0.25) is 4.79 Å². The Kier molecular flexibility index (Phi) is 5.77. The van der Waals surface area contributed by atoms with Crippen LogP contribution in [0.5, 0.6) is 0 Å². The highest BCUT2D eigenvalue weighted by molar-refractivity contribution is 5.75. The first-order valence-corrected chi connectivity index (χ1v) is 5.97. The van der Waals surface area contributed by atoms with Crippen LogP contribution in [-0.2, 0) is 14.3 Å². The Hall–Kier alpha value is -0.610. The van der Waals surface area contributed by atoms with E-state index in [2.05, 4.69) is 0 Å². The molecule has 1 fully saturated rings. The smallest absolute Gasteiger partial charge is 0.222 e. The van der Waals surface area contributed by atoms with Crippen molar-refractivity contribution in [2.24, 2.45) is 5.92 Å². The molecular formula is C12H23NO3. The quantitative estimate of drug-likeness (QED) is 0.623. The first-order chi connectivity index (χ1) is 7.67. The van der Waals surface area contributed by atoms with Gasteiger partial charge in [0.05, 0.1) is 6.54 Å². The number of ether oxygens (including phenoxy) is 2. The minimum absolute atomic E-state index is 0.186. The van der Waals surface area contributed by atoms with Gasteiger partial charge in [-0.2, -0.15) is 0 Å². The van der Waals surface area contributed by atoms with Gasteiger partial charge in [0, 0.05) is 27.7 Å². The summed E-state index contributed by atoms with van der Waals surface area (Å²) in [7, 11) is 4.97. The Balaban J connectivity index is 2.18. The number of hydrogen-bond donors (Lipinski definition) is 0. The SMILES string of the molecule is COC(CN(C)C(=O)CCC1CCC1)OC. The number of amides is 1. The second-order valence-electron chi connectivity index (χ2n) is 4.51. The van der Waals surface area contributed by atoms with E-state index in [-0.39, 0.29) is 12.2 Å². The fraction of sp³-hybridized carbons (Fsp3) is 0.917. The lowest BCUT2D eigenvalue weighted by molar-refractivity contribution is -0.143. The molecule has 1 aliphatic carbocycles. The van der Waals surface area contributed by atoms with Crippen molar-refractivity contribution in [3.63, 3.8) is 0 Å². The molecule has 1 saturated carbocycles. The van der Waals surface area contributed by atoms with Crippen molar-refractivity contribution in [3.8, 4) is 0 Å². The van der Waals surface area contributed by atoms with Gasteiger partial charge in [0.15, 0.2) is 6.29 Å². The van der Waals surface area contributed by atoms with Crippen LogP contribution < -0.4 is 0 Å². The minimum atomic E-state index is -0.322. The van der Waals surface area contributed by atoms with Crippen molar-refractivity contribution in [2.75, 3.05) is 27.8 Å². The summed E-state index contributed by atoms with van der Waals surface area (Å²) in [6.07, 6.45) is 5.31. The number of likely N-dealkylation sites (N-methyl/N-ethyl adjacent to an activating group) is 1. The fourth-order valence-electron chi connectivity index (χ4n) is 1.87. The second kappa shape index (κ2) is 6.86. The molecule has 0 atom stereocenters. The van der Waals surface area contributed by atoms with Crippen molar-refractivity contribution in [1.29, 1.82) is 0 Å². The van der Waals surface area contributed by atoms with Gasteiger partial charge in [-0.05, 0) is 12.3 Å². The Bertz CT molecular complexity index is 212. The first kappa shape index (κ1) is 13.5. The Morgan fingerprint density at radius 2 is 2.00 bits per heavy atom. The van der Waals surface area contributed by atoms with E-state index in [1.54, 1.807) is 26.2 Å². The second-order valence-corrected chi connectivity index (χ2v) is 4.51. The molecule has 0 bridgehead atoms. The number of methoxy groups -OCH3 is 2. The molecule has 0 aromatic carbocycles. The predicted molar refractivity (Wildman–Crippen MR) is 62.0 cm³/mol. The van der Waals surface area contributed by atoms with E-state index in [9.17, 15) is 4.79 Å². The molecule has 0 aromatic heterocycles. The zero-order chi connectivity index (χ0) is 12.0. The monoisotopic (exact) mass is 229 g/mol. The lowest BCUT2D eigenvalue weighted by atomic mass is 9.82. The van der Waals surface area contributed by atoms with Gasteiger partial charge in [0.1, 0.15) is 0 Å². The maximum atomic E-state index is 11.8. The van der Waals surface area contributed by atoms with Crippen molar-refractivity contribution < 1.29 is 14.3 Å². The van der Waals surface area contributed by atoms with Crippen LogP contribution in [-0.4, -0.2) is 44.9 Å². The van der Waals surface area contributed by atoms with Crippen LogP contribution in [0.4, 0.5) is 0 Å². The van der Waals surface area contributed by atoms with E-state index in [0.717, 1.165) is 12.3 Å². The third kappa shape index (κ3) is 4.10. The minimum Gasteiger partial charge on any atom is -0.354 e.